The molecule has 0 unspecified atom stereocenters. The summed E-state index contributed by atoms with van der Waals surface area (Å²) in [5, 5.41) is 0. The average Bonchev–Trinajstić information content (AvgIpc) is 1.59. The van der Waals surface area contributed by atoms with Crippen LogP contribution in [0.25, 0.3) is 0 Å². The number of rotatable bonds is 0. The normalized spacial score (nSPS) is 8.40. The quantitative estimate of drug-likeness (QED) is 0.325. The van der Waals surface area contributed by atoms with Crippen molar-refractivity contribution >= 4 is 0 Å². The minimum atomic E-state index is -0.802. The van der Waals surface area contributed by atoms with E-state index in [0.717, 1.165) is 0 Å². The van der Waals surface area contributed by atoms with E-state index >= 15 is 0 Å². The second kappa shape index (κ2) is 3.55. The Kier molecular flexibility index (Phi) is 3.34. The van der Waals surface area contributed by atoms with Crippen molar-refractivity contribution in [3.63, 3.8) is 0 Å². The summed E-state index contributed by atoms with van der Waals surface area (Å²) in [6.45, 7) is 0. The molecule has 1 heterocycles. The molecule has 0 aromatic carbocycles. The summed E-state index contributed by atoms with van der Waals surface area (Å²) in [6.07, 6.45) is 0. The molecule has 0 saturated heterocycles. The number of aromatic amines is 3. The molecule has 0 amide bonds. The molecule has 0 spiro atoms. The molecule has 0 fully saturated rings. The van der Waals surface area contributed by atoms with Gasteiger partial charge in [0, 0.05) is 0 Å². The maximum atomic E-state index is 10.2. The zero-order valence-corrected chi connectivity index (χ0v) is 7.22. The fraction of sp³-hybridized carbons (Fsp3) is 0. The van der Waals surface area contributed by atoms with Crippen LogP contribution in [0.3, 0.4) is 0 Å². The van der Waals surface area contributed by atoms with Gasteiger partial charge in [0.15, 0.2) is 0 Å². The van der Waals surface area contributed by atoms with Gasteiger partial charge in [0.2, 0.25) is 0 Å². The van der Waals surface area contributed by atoms with Crippen LogP contribution in [0.2, 0.25) is 0 Å². The summed E-state index contributed by atoms with van der Waals surface area (Å²) in [5.41, 5.74) is -2.41. The van der Waals surface area contributed by atoms with Crippen LogP contribution >= 0.6 is 0 Å². The van der Waals surface area contributed by atoms with E-state index < -0.39 is 17.1 Å². The number of hydrogen-bond donors (Lipinski definition) is 3. The standard InChI is InChI=1S/C3H3N3O3.Na.H/c7-1-4-2(8)6-3(9)5-1;;/h(H3,4,5,6,7,8,9);;/q;+1;-1. The van der Waals surface area contributed by atoms with E-state index in [0.29, 0.717) is 0 Å². The Bertz CT molecular complexity index is 286. The molecule has 1 rings (SSSR count). The zero-order valence-electron chi connectivity index (χ0n) is 6.22. The SMILES string of the molecule is O=c1[nH]c(=O)[nH]c(=O)[nH]1.[H-].[Na+]. The Labute approximate surface area is 77.5 Å². The van der Waals surface area contributed by atoms with Crippen molar-refractivity contribution in [2.75, 3.05) is 0 Å². The fourth-order valence-electron chi connectivity index (χ4n) is 0.403. The fourth-order valence-corrected chi connectivity index (χ4v) is 0.403. The third-order valence-electron chi connectivity index (χ3n) is 0.681. The molecule has 0 aliphatic carbocycles. The second-order valence-electron chi connectivity index (χ2n) is 1.36. The Balaban J connectivity index is 0. The first-order valence-electron chi connectivity index (χ1n) is 2.11. The Morgan fingerprint density at radius 2 is 1.00 bits per heavy atom. The number of hydrogen-bond acceptors (Lipinski definition) is 3. The Hall–Kier alpha value is -0.590. The van der Waals surface area contributed by atoms with Gasteiger partial charge in [-0.25, -0.2) is 14.4 Å². The maximum Gasteiger partial charge on any atom is 1.00 e. The topological polar surface area (TPSA) is 98.6 Å². The van der Waals surface area contributed by atoms with Crippen molar-refractivity contribution in [1.82, 2.24) is 15.0 Å². The Morgan fingerprint density at radius 1 is 0.800 bits per heavy atom. The molecule has 0 radical (unpaired) electrons. The number of nitrogens with one attached hydrogen (secondary N) is 3. The van der Waals surface area contributed by atoms with Crippen molar-refractivity contribution in [2.24, 2.45) is 0 Å². The van der Waals surface area contributed by atoms with Crippen LogP contribution in [-0.4, -0.2) is 15.0 Å². The molecule has 10 heavy (non-hydrogen) atoms. The van der Waals surface area contributed by atoms with Gasteiger partial charge in [-0.1, -0.05) is 0 Å². The van der Waals surface area contributed by atoms with Gasteiger partial charge < -0.3 is 1.43 Å². The van der Waals surface area contributed by atoms with Crippen LogP contribution in [0.4, 0.5) is 0 Å². The van der Waals surface area contributed by atoms with Crippen molar-refractivity contribution in [3.05, 3.63) is 31.5 Å². The maximum absolute atomic E-state index is 10.2. The first-order valence-corrected chi connectivity index (χ1v) is 2.11. The monoisotopic (exact) mass is 153 g/mol. The summed E-state index contributed by atoms with van der Waals surface area (Å²) in [4.78, 5) is 35.9. The first-order chi connectivity index (χ1) is 4.18. The summed E-state index contributed by atoms with van der Waals surface area (Å²) in [7, 11) is 0. The van der Waals surface area contributed by atoms with Gasteiger partial charge in [-0.15, -0.1) is 0 Å². The van der Waals surface area contributed by atoms with Crippen LogP contribution < -0.4 is 46.6 Å². The third-order valence-corrected chi connectivity index (χ3v) is 0.681. The van der Waals surface area contributed by atoms with E-state index in [1.54, 1.807) is 15.0 Å². The van der Waals surface area contributed by atoms with Crippen LogP contribution in [0.1, 0.15) is 1.43 Å². The van der Waals surface area contributed by atoms with Gasteiger partial charge >= 0.3 is 46.6 Å². The molecule has 0 aliphatic heterocycles. The van der Waals surface area contributed by atoms with E-state index in [1.165, 1.54) is 0 Å². The summed E-state index contributed by atoms with van der Waals surface area (Å²) in [6, 6.07) is 0. The van der Waals surface area contributed by atoms with Gasteiger partial charge in [-0.05, 0) is 0 Å². The minimum absolute atomic E-state index is 0. The predicted molar refractivity (Wildman–Crippen MR) is 29.4 cm³/mol. The molecule has 50 valence electrons. The van der Waals surface area contributed by atoms with Crippen LogP contribution in [0, 0.1) is 0 Å². The van der Waals surface area contributed by atoms with E-state index in [4.69, 9.17) is 0 Å². The van der Waals surface area contributed by atoms with Crippen LogP contribution in [-0.2, 0) is 0 Å². The average molecular weight is 153 g/mol. The van der Waals surface area contributed by atoms with E-state index in [1.807, 2.05) is 0 Å². The third kappa shape index (κ3) is 2.34. The molecule has 0 saturated carbocycles. The molecule has 1 aromatic rings. The number of aromatic nitrogens is 3. The molecule has 1 aromatic heterocycles. The van der Waals surface area contributed by atoms with Gasteiger partial charge in [-0.3, -0.25) is 15.0 Å². The van der Waals surface area contributed by atoms with Crippen LogP contribution in [0.15, 0.2) is 14.4 Å². The first kappa shape index (κ1) is 9.41. The summed E-state index contributed by atoms with van der Waals surface area (Å²) in [5.74, 6) is 0. The molecule has 7 heteroatoms. The van der Waals surface area contributed by atoms with Crippen molar-refractivity contribution in [2.45, 2.75) is 0 Å². The number of H-pyrrole nitrogens is 3. The van der Waals surface area contributed by atoms with Gasteiger partial charge in [-0.2, -0.15) is 0 Å². The molecule has 0 aliphatic rings. The van der Waals surface area contributed by atoms with Gasteiger partial charge in [0.25, 0.3) is 0 Å². The molecule has 6 nitrogen and oxygen atoms in total. The van der Waals surface area contributed by atoms with E-state index in [-0.39, 0.29) is 31.0 Å². The van der Waals surface area contributed by atoms with Gasteiger partial charge in [0.1, 0.15) is 0 Å². The smallest absolute Gasteiger partial charge is 1.00 e. The zero-order chi connectivity index (χ0) is 6.85. The molecular formula is C3H4N3NaO3. The van der Waals surface area contributed by atoms with Crippen molar-refractivity contribution < 1.29 is 31.0 Å². The van der Waals surface area contributed by atoms with Crippen molar-refractivity contribution in [1.29, 1.82) is 0 Å². The molecule has 0 bridgehead atoms. The summed E-state index contributed by atoms with van der Waals surface area (Å²) >= 11 is 0. The van der Waals surface area contributed by atoms with Crippen molar-refractivity contribution in [3.8, 4) is 0 Å². The molecule has 0 atom stereocenters. The van der Waals surface area contributed by atoms with Gasteiger partial charge in [0.05, 0.1) is 0 Å². The largest absolute Gasteiger partial charge is 1.00 e. The molecule has 3 N–H and O–H groups in total. The van der Waals surface area contributed by atoms with E-state index in [9.17, 15) is 14.4 Å². The minimum Gasteiger partial charge on any atom is -1.00 e. The predicted octanol–water partition coefficient (Wildman–Crippen LogP) is -5.13. The molecular weight excluding hydrogens is 149 g/mol. The van der Waals surface area contributed by atoms with Crippen LogP contribution in [0.5, 0.6) is 0 Å². The Morgan fingerprint density at radius 3 is 1.20 bits per heavy atom. The van der Waals surface area contributed by atoms with E-state index in [2.05, 4.69) is 0 Å². The second-order valence-corrected chi connectivity index (χ2v) is 1.36. The summed E-state index contributed by atoms with van der Waals surface area (Å²) < 4.78 is 0.